The molecule has 0 fully saturated rings. The molecule has 1 aromatic carbocycles. The third kappa shape index (κ3) is 3.29. The number of halogens is 1. The van der Waals surface area contributed by atoms with Crippen molar-refractivity contribution < 1.29 is 19.1 Å². The molecular formula is C15H18ClNO4. The van der Waals surface area contributed by atoms with Crippen LogP contribution in [0.25, 0.3) is 0 Å². The maximum absolute atomic E-state index is 12.2. The number of fused-ring (bicyclic) bond motifs is 1. The first-order valence-corrected chi connectivity index (χ1v) is 7.02. The van der Waals surface area contributed by atoms with Crippen LogP contribution in [0.15, 0.2) is 12.1 Å². The average Bonchev–Trinajstić information content (AvgIpc) is 2.78. The molecule has 0 unspecified atom stereocenters. The Kier molecular flexibility index (Phi) is 4.14. The zero-order valence-electron chi connectivity index (χ0n) is 12.5. The van der Waals surface area contributed by atoms with Crippen molar-refractivity contribution in [3.63, 3.8) is 0 Å². The number of hydrogen-bond acceptors (Lipinski definition) is 4. The minimum atomic E-state index is -0.580. The Morgan fingerprint density at radius 1 is 1.29 bits per heavy atom. The maximum atomic E-state index is 12.2. The van der Waals surface area contributed by atoms with Gasteiger partial charge >= 0.3 is 12.1 Å². The van der Waals surface area contributed by atoms with E-state index >= 15 is 0 Å². The largest absolute Gasteiger partial charge is 0.465 e. The highest BCUT2D eigenvalue weighted by Gasteiger charge is 2.32. The topological polar surface area (TPSA) is 55.8 Å². The number of nitrogens with zero attached hydrogens (tertiary/aromatic N) is 1. The van der Waals surface area contributed by atoms with Crippen LogP contribution in [0.3, 0.4) is 0 Å². The van der Waals surface area contributed by atoms with Crippen LogP contribution in [0.5, 0.6) is 0 Å². The van der Waals surface area contributed by atoms with Crippen molar-refractivity contribution in [1.82, 2.24) is 0 Å². The summed E-state index contributed by atoms with van der Waals surface area (Å²) in [7, 11) is 1.32. The first-order valence-electron chi connectivity index (χ1n) is 6.64. The quantitative estimate of drug-likeness (QED) is 0.746. The Labute approximate surface area is 128 Å². The fraction of sp³-hybridized carbons (Fsp3) is 0.467. The van der Waals surface area contributed by atoms with Crippen molar-refractivity contribution in [1.29, 1.82) is 0 Å². The summed E-state index contributed by atoms with van der Waals surface area (Å²) >= 11 is 6.05. The highest BCUT2D eigenvalue weighted by atomic mass is 35.5. The molecule has 1 aliphatic rings. The number of carbonyl (C=O) groups is 2. The van der Waals surface area contributed by atoms with Crippen LogP contribution in [0, 0.1) is 0 Å². The Morgan fingerprint density at radius 2 is 1.95 bits per heavy atom. The molecule has 0 aromatic heterocycles. The van der Waals surface area contributed by atoms with Gasteiger partial charge in [-0.2, -0.15) is 0 Å². The summed E-state index contributed by atoms with van der Waals surface area (Å²) in [5, 5.41) is 0.379. The average molecular weight is 312 g/mol. The normalized spacial score (nSPS) is 13.9. The SMILES string of the molecule is COC(=O)c1cc(Cl)cc2c1CCN2C(=O)OC(C)(C)C. The molecule has 1 aliphatic heterocycles. The second-order valence-electron chi connectivity index (χ2n) is 5.82. The molecule has 114 valence electrons. The molecule has 0 saturated heterocycles. The van der Waals surface area contributed by atoms with Gasteiger partial charge in [-0.15, -0.1) is 0 Å². The van der Waals surface area contributed by atoms with Crippen LogP contribution < -0.4 is 4.90 Å². The molecule has 0 spiro atoms. The number of carbonyl (C=O) groups excluding carboxylic acids is 2. The van der Waals surface area contributed by atoms with E-state index in [1.54, 1.807) is 32.9 Å². The van der Waals surface area contributed by atoms with Crippen molar-refractivity contribution in [2.45, 2.75) is 32.8 Å². The minimum Gasteiger partial charge on any atom is -0.465 e. The molecule has 0 atom stereocenters. The Balaban J connectivity index is 2.38. The zero-order chi connectivity index (χ0) is 15.8. The molecule has 6 heteroatoms. The van der Waals surface area contributed by atoms with Crippen molar-refractivity contribution >= 4 is 29.4 Å². The van der Waals surface area contributed by atoms with Gasteiger partial charge in [-0.3, -0.25) is 4.90 Å². The third-order valence-electron chi connectivity index (χ3n) is 3.09. The fourth-order valence-electron chi connectivity index (χ4n) is 2.27. The molecule has 1 amide bonds. The number of amides is 1. The molecule has 1 aromatic rings. The van der Waals surface area contributed by atoms with E-state index in [4.69, 9.17) is 21.1 Å². The highest BCUT2D eigenvalue weighted by molar-refractivity contribution is 6.31. The monoisotopic (exact) mass is 311 g/mol. The van der Waals surface area contributed by atoms with E-state index in [9.17, 15) is 9.59 Å². The second-order valence-corrected chi connectivity index (χ2v) is 6.26. The van der Waals surface area contributed by atoms with Crippen LogP contribution in [0.1, 0.15) is 36.7 Å². The van der Waals surface area contributed by atoms with Gasteiger partial charge in [-0.05, 0) is 44.9 Å². The number of ether oxygens (including phenoxy) is 2. The van der Waals surface area contributed by atoms with Crippen molar-refractivity contribution in [3.8, 4) is 0 Å². The minimum absolute atomic E-state index is 0.379. The Hall–Kier alpha value is -1.75. The van der Waals surface area contributed by atoms with Gasteiger partial charge in [0.15, 0.2) is 0 Å². The second kappa shape index (κ2) is 5.56. The lowest BCUT2D eigenvalue weighted by Gasteiger charge is -2.25. The molecule has 0 radical (unpaired) electrons. The Morgan fingerprint density at radius 3 is 2.52 bits per heavy atom. The smallest absolute Gasteiger partial charge is 0.414 e. The lowest BCUT2D eigenvalue weighted by atomic mass is 10.1. The zero-order valence-corrected chi connectivity index (χ0v) is 13.3. The summed E-state index contributed by atoms with van der Waals surface area (Å²) in [6, 6.07) is 3.23. The summed E-state index contributed by atoms with van der Waals surface area (Å²) in [5.74, 6) is -0.459. The fourth-order valence-corrected chi connectivity index (χ4v) is 2.48. The summed E-state index contributed by atoms with van der Waals surface area (Å²) in [4.78, 5) is 25.5. The lowest BCUT2D eigenvalue weighted by molar-refractivity contribution is 0.0578. The standard InChI is InChI=1S/C15H18ClNO4/c1-15(2,3)21-14(19)17-6-5-10-11(13(18)20-4)7-9(16)8-12(10)17/h7-8H,5-6H2,1-4H3. The molecular weight excluding hydrogens is 294 g/mol. The first-order chi connectivity index (χ1) is 9.73. The number of esters is 1. The third-order valence-corrected chi connectivity index (χ3v) is 3.30. The summed E-state index contributed by atoms with van der Waals surface area (Å²) in [6.45, 7) is 5.87. The van der Waals surface area contributed by atoms with E-state index in [1.165, 1.54) is 12.0 Å². The van der Waals surface area contributed by atoms with E-state index in [-0.39, 0.29) is 0 Å². The van der Waals surface area contributed by atoms with Gasteiger partial charge < -0.3 is 9.47 Å². The van der Waals surface area contributed by atoms with Crippen LogP contribution in [-0.2, 0) is 15.9 Å². The van der Waals surface area contributed by atoms with Gasteiger partial charge in [0.1, 0.15) is 5.60 Å². The van der Waals surface area contributed by atoms with E-state index in [2.05, 4.69) is 0 Å². The van der Waals surface area contributed by atoms with E-state index in [0.29, 0.717) is 29.2 Å². The van der Waals surface area contributed by atoms with Crippen LogP contribution >= 0.6 is 11.6 Å². The highest BCUT2D eigenvalue weighted by Crippen LogP contribution is 2.35. The number of methoxy groups -OCH3 is 1. The predicted octanol–water partition coefficient (Wildman–Crippen LogP) is 3.42. The molecule has 21 heavy (non-hydrogen) atoms. The molecule has 0 aliphatic carbocycles. The molecule has 0 N–H and O–H groups in total. The van der Waals surface area contributed by atoms with Gasteiger partial charge in [-0.1, -0.05) is 11.6 Å². The maximum Gasteiger partial charge on any atom is 0.414 e. The van der Waals surface area contributed by atoms with E-state index < -0.39 is 17.7 Å². The Bertz CT molecular complexity index is 592. The molecule has 2 rings (SSSR count). The van der Waals surface area contributed by atoms with E-state index in [0.717, 1.165) is 5.56 Å². The first kappa shape index (κ1) is 15.6. The summed E-state index contributed by atoms with van der Waals surface area (Å²) < 4.78 is 10.1. The number of hydrogen-bond donors (Lipinski definition) is 0. The van der Waals surface area contributed by atoms with Gasteiger partial charge in [-0.25, -0.2) is 9.59 Å². The van der Waals surface area contributed by atoms with Crippen molar-refractivity contribution in [3.05, 3.63) is 28.3 Å². The van der Waals surface area contributed by atoms with Crippen LogP contribution in [0.4, 0.5) is 10.5 Å². The molecule has 0 saturated carbocycles. The molecule has 5 nitrogen and oxygen atoms in total. The number of benzene rings is 1. The van der Waals surface area contributed by atoms with Gasteiger partial charge in [0.05, 0.1) is 18.4 Å². The summed E-state index contributed by atoms with van der Waals surface area (Å²) in [5.41, 5.74) is 1.18. The van der Waals surface area contributed by atoms with Gasteiger partial charge in [0.2, 0.25) is 0 Å². The summed E-state index contributed by atoms with van der Waals surface area (Å²) in [6.07, 6.45) is 0.121. The number of rotatable bonds is 1. The van der Waals surface area contributed by atoms with Crippen LogP contribution in [0.2, 0.25) is 5.02 Å². The van der Waals surface area contributed by atoms with Crippen molar-refractivity contribution in [2.24, 2.45) is 0 Å². The number of anilines is 1. The predicted molar refractivity (Wildman–Crippen MR) is 80.1 cm³/mol. The molecule has 0 bridgehead atoms. The van der Waals surface area contributed by atoms with Crippen molar-refractivity contribution in [2.75, 3.05) is 18.6 Å². The lowest BCUT2D eigenvalue weighted by Crippen LogP contribution is -2.35. The van der Waals surface area contributed by atoms with Gasteiger partial charge in [0.25, 0.3) is 0 Å². The van der Waals surface area contributed by atoms with E-state index in [1.807, 2.05) is 0 Å². The van der Waals surface area contributed by atoms with Crippen LogP contribution in [-0.4, -0.2) is 31.3 Å². The molecule has 1 heterocycles. The van der Waals surface area contributed by atoms with Gasteiger partial charge in [0, 0.05) is 11.6 Å².